The van der Waals surface area contributed by atoms with Crippen LogP contribution in [0.2, 0.25) is 0 Å². The lowest BCUT2D eigenvalue weighted by molar-refractivity contribution is 0.107. The summed E-state index contributed by atoms with van der Waals surface area (Å²) in [5.74, 6) is 2.66. The van der Waals surface area contributed by atoms with Crippen LogP contribution in [0.25, 0.3) is 0 Å². The molecule has 0 saturated carbocycles. The van der Waals surface area contributed by atoms with E-state index in [-0.39, 0.29) is 0 Å². The minimum atomic E-state index is 0.506. The van der Waals surface area contributed by atoms with Crippen LogP contribution >= 0.6 is 11.8 Å². The predicted octanol–water partition coefficient (Wildman–Crippen LogP) is 1.65. The zero-order valence-corrected chi connectivity index (χ0v) is 8.94. The van der Waals surface area contributed by atoms with E-state index >= 15 is 0 Å². The van der Waals surface area contributed by atoms with E-state index in [9.17, 15) is 0 Å². The smallest absolute Gasteiger partial charge is 0.0700 e. The Labute approximate surface area is 84.8 Å². The van der Waals surface area contributed by atoms with Crippen molar-refractivity contribution in [3.8, 4) is 0 Å². The summed E-state index contributed by atoms with van der Waals surface area (Å²) in [5, 5.41) is 3.62. The van der Waals surface area contributed by atoms with Crippen molar-refractivity contribution in [3.63, 3.8) is 0 Å². The summed E-state index contributed by atoms with van der Waals surface area (Å²) in [6.45, 7) is 2.05. The van der Waals surface area contributed by atoms with Gasteiger partial charge in [-0.05, 0) is 31.4 Å². The molecule has 0 aromatic carbocycles. The first-order valence-electron chi connectivity index (χ1n) is 5.38. The van der Waals surface area contributed by atoms with Gasteiger partial charge in [0.1, 0.15) is 0 Å². The molecular formula is C10H19NOS. The van der Waals surface area contributed by atoms with Crippen molar-refractivity contribution in [1.82, 2.24) is 5.32 Å². The number of nitrogens with one attached hydrogen (secondary N) is 1. The molecule has 2 rings (SSSR count). The van der Waals surface area contributed by atoms with Gasteiger partial charge in [-0.3, -0.25) is 0 Å². The third-order valence-electron chi connectivity index (χ3n) is 2.82. The van der Waals surface area contributed by atoms with Crippen LogP contribution in [0.1, 0.15) is 25.7 Å². The molecule has 76 valence electrons. The largest absolute Gasteiger partial charge is 0.377 e. The minimum Gasteiger partial charge on any atom is -0.377 e. The first-order chi connectivity index (χ1) is 6.45. The summed E-state index contributed by atoms with van der Waals surface area (Å²) in [7, 11) is 0. The summed E-state index contributed by atoms with van der Waals surface area (Å²) in [4.78, 5) is 0. The minimum absolute atomic E-state index is 0.506. The Morgan fingerprint density at radius 3 is 3.00 bits per heavy atom. The molecule has 0 aromatic rings. The molecule has 2 heterocycles. The lowest BCUT2D eigenvalue weighted by atomic mass is 10.1. The number of hydrogen-bond donors (Lipinski definition) is 1. The van der Waals surface area contributed by atoms with Gasteiger partial charge in [-0.2, -0.15) is 11.8 Å². The van der Waals surface area contributed by atoms with E-state index in [1.165, 1.54) is 37.2 Å². The van der Waals surface area contributed by atoms with Crippen molar-refractivity contribution >= 4 is 11.8 Å². The van der Waals surface area contributed by atoms with Crippen molar-refractivity contribution in [2.75, 3.05) is 24.7 Å². The van der Waals surface area contributed by atoms with Crippen LogP contribution in [-0.4, -0.2) is 36.8 Å². The SMILES string of the molecule is C1CSC[C@H](NC[C@@H]2CCCO2)C1. The van der Waals surface area contributed by atoms with Crippen LogP contribution in [0, 0.1) is 0 Å². The summed E-state index contributed by atoms with van der Waals surface area (Å²) >= 11 is 2.08. The van der Waals surface area contributed by atoms with E-state index in [0.29, 0.717) is 6.10 Å². The Morgan fingerprint density at radius 2 is 2.31 bits per heavy atom. The predicted molar refractivity (Wildman–Crippen MR) is 57.3 cm³/mol. The van der Waals surface area contributed by atoms with Gasteiger partial charge in [0.15, 0.2) is 0 Å². The van der Waals surface area contributed by atoms with Crippen molar-refractivity contribution in [1.29, 1.82) is 0 Å². The van der Waals surface area contributed by atoms with E-state index in [1.54, 1.807) is 0 Å². The van der Waals surface area contributed by atoms with Gasteiger partial charge in [0, 0.05) is 24.9 Å². The van der Waals surface area contributed by atoms with Crippen molar-refractivity contribution in [3.05, 3.63) is 0 Å². The fourth-order valence-corrected chi connectivity index (χ4v) is 3.11. The van der Waals surface area contributed by atoms with Crippen molar-refractivity contribution < 1.29 is 4.74 Å². The molecule has 0 amide bonds. The fourth-order valence-electron chi connectivity index (χ4n) is 2.01. The summed E-state index contributed by atoms with van der Waals surface area (Å²) in [6.07, 6.45) is 5.76. The molecule has 0 aliphatic carbocycles. The maximum absolute atomic E-state index is 5.57. The van der Waals surface area contributed by atoms with Gasteiger partial charge in [-0.25, -0.2) is 0 Å². The summed E-state index contributed by atoms with van der Waals surface area (Å²) in [5.41, 5.74) is 0. The fraction of sp³-hybridized carbons (Fsp3) is 1.00. The maximum atomic E-state index is 5.57. The highest BCUT2D eigenvalue weighted by atomic mass is 32.2. The molecule has 0 spiro atoms. The van der Waals surface area contributed by atoms with Gasteiger partial charge in [-0.15, -0.1) is 0 Å². The Morgan fingerprint density at radius 1 is 1.31 bits per heavy atom. The van der Waals surface area contributed by atoms with Gasteiger partial charge in [0.25, 0.3) is 0 Å². The molecule has 2 aliphatic rings. The van der Waals surface area contributed by atoms with Gasteiger partial charge < -0.3 is 10.1 Å². The van der Waals surface area contributed by atoms with Gasteiger partial charge in [-0.1, -0.05) is 0 Å². The molecule has 13 heavy (non-hydrogen) atoms. The second kappa shape index (κ2) is 5.23. The Bertz CT molecular complexity index is 142. The molecule has 2 fully saturated rings. The van der Waals surface area contributed by atoms with Crippen LogP contribution < -0.4 is 5.32 Å². The van der Waals surface area contributed by atoms with Crippen molar-refractivity contribution in [2.45, 2.75) is 37.8 Å². The monoisotopic (exact) mass is 201 g/mol. The lowest BCUT2D eigenvalue weighted by Gasteiger charge is -2.23. The van der Waals surface area contributed by atoms with Crippen LogP contribution in [0.15, 0.2) is 0 Å². The van der Waals surface area contributed by atoms with E-state index in [4.69, 9.17) is 4.74 Å². The number of hydrogen-bond acceptors (Lipinski definition) is 3. The second-order valence-electron chi connectivity index (χ2n) is 3.96. The highest BCUT2D eigenvalue weighted by Crippen LogP contribution is 2.17. The number of rotatable bonds is 3. The molecule has 2 saturated heterocycles. The molecular weight excluding hydrogens is 182 g/mol. The van der Waals surface area contributed by atoms with E-state index < -0.39 is 0 Å². The van der Waals surface area contributed by atoms with Crippen molar-refractivity contribution in [2.24, 2.45) is 0 Å². The molecule has 0 bridgehead atoms. The van der Waals surface area contributed by atoms with E-state index in [0.717, 1.165) is 19.2 Å². The number of ether oxygens (including phenoxy) is 1. The first-order valence-corrected chi connectivity index (χ1v) is 6.53. The molecule has 0 unspecified atom stereocenters. The van der Waals surface area contributed by atoms with Gasteiger partial charge >= 0.3 is 0 Å². The molecule has 2 atom stereocenters. The standard InChI is InChI=1S/C10H19NOS/c1-4-10(12-5-1)7-11-9-3-2-6-13-8-9/h9-11H,1-8H2/t9-,10+/m1/s1. The molecule has 1 N–H and O–H groups in total. The third kappa shape index (κ3) is 3.15. The maximum Gasteiger partial charge on any atom is 0.0700 e. The summed E-state index contributed by atoms with van der Waals surface area (Å²) < 4.78 is 5.57. The average molecular weight is 201 g/mol. The zero-order chi connectivity index (χ0) is 8.93. The van der Waals surface area contributed by atoms with Gasteiger partial charge in [0.05, 0.1) is 6.10 Å². The van der Waals surface area contributed by atoms with E-state index in [2.05, 4.69) is 17.1 Å². The Balaban J connectivity index is 1.60. The lowest BCUT2D eigenvalue weighted by Crippen LogP contribution is -2.38. The third-order valence-corrected chi connectivity index (χ3v) is 4.03. The Kier molecular flexibility index (Phi) is 3.94. The molecule has 2 aliphatic heterocycles. The van der Waals surface area contributed by atoms with Crippen LogP contribution in [-0.2, 0) is 4.74 Å². The quantitative estimate of drug-likeness (QED) is 0.750. The zero-order valence-electron chi connectivity index (χ0n) is 8.13. The highest BCUT2D eigenvalue weighted by molar-refractivity contribution is 7.99. The van der Waals surface area contributed by atoms with Crippen LogP contribution in [0.3, 0.4) is 0 Å². The molecule has 0 radical (unpaired) electrons. The first kappa shape index (κ1) is 9.81. The number of thioether (sulfide) groups is 1. The van der Waals surface area contributed by atoms with Crippen LogP contribution in [0.5, 0.6) is 0 Å². The highest BCUT2D eigenvalue weighted by Gasteiger charge is 2.18. The molecule has 0 aromatic heterocycles. The van der Waals surface area contributed by atoms with E-state index in [1.807, 2.05) is 0 Å². The summed E-state index contributed by atoms with van der Waals surface area (Å²) in [6, 6.07) is 0.753. The molecule has 3 heteroatoms. The van der Waals surface area contributed by atoms with Gasteiger partial charge in [0.2, 0.25) is 0 Å². The Hall–Kier alpha value is 0.270. The topological polar surface area (TPSA) is 21.3 Å². The molecule has 2 nitrogen and oxygen atoms in total. The average Bonchev–Trinajstić information content (AvgIpc) is 2.69. The normalized spacial score (nSPS) is 35.1. The van der Waals surface area contributed by atoms with Crippen LogP contribution in [0.4, 0.5) is 0 Å². The second-order valence-corrected chi connectivity index (χ2v) is 5.11.